The van der Waals surface area contributed by atoms with Crippen molar-refractivity contribution in [2.45, 2.75) is 19.1 Å². The van der Waals surface area contributed by atoms with Crippen LogP contribution in [0.25, 0.3) is 22.0 Å². The third-order valence-corrected chi connectivity index (χ3v) is 5.16. The Kier molecular flexibility index (Phi) is 3.64. The minimum absolute atomic E-state index is 0.0927. The Hall–Kier alpha value is -2.86. The van der Waals surface area contributed by atoms with Crippen LogP contribution >= 0.6 is 0 Å². The second-order valence-corrected chi connectivity index (χ2v) is 6.85. The fourth-order valence-electron chi connectivity index (χ4n) is 3.89. The number of ether oxygens (including phenoxy) is 1. The Morgan fingerprint density at radius 1 is 1.19 bits per heavy atom. The average Bonchev–Trinajstić information content (AvgIpc) is 3.27. The molecule has 1 amide bonds. The number of nitrogens with zero attached hydrogens (tertiary/aromatic N) is 2. The molecule has 2 aliphatic rings. The first kappa shape index (κ1) is 15.4. The number of carbonyl (C=O) groups is 1. The van der Waals surface area contributed by atoms with Crippen LogP contribution in [0.2, 0.25) is 0 Å². The van der Waals surface area contributed by atoms with Gasteiger partial charge in [0.25, 0.3) is 0 Å². The van der Waals surface area contributed by atoms with Gasteiger partial charge in [-0.15, -0.1) is 0 Å². The van der Waals surface area contributed by atoms with Crippen LogP contribution in [-0.2, 0) is 17.7 Å². The molecule has 0 spiro atoms. The Bertz CT molecular complexity index is 976. The normalized spacial score (nSPS) is 20.0. The maximum atomic E-state index is 11.2. The van der Waals surface area contributed by atoms with Gasteiger partial charge in [0, 0.05) is 37.2 Å². The fourth-order valence-corrected chi connectivity index (χ4v) is 3.89. The number of alkyl carbamates (subject to hydrolysis) is 1. The summed E-state index contributed by atoms with van der Waals surface area (Å²) in [5.41, 5.74) is 3.16. The van der Waals surface area contributed by atoms with Gasteiger partial charge in [0.05, 0.1) is 6.54 Å². The van der Waals surface area contributed by atoms with Gasteiger partial charge >= 0.3 is 6.09 Å². The van der Waals surface area contributed by atoms with Crippen LogP contribution < -0.4 is 5.32 Å². The summed E-state index contributed by atoms with van der Waals surface area (Å²) in [5.74, 6) is 0.964. The zero-order valence-electron chi connectivity index (χ0n) is 14.3. The Balaban J connectivity index is 1.46. The maximum Gasteiger partial charge on any atom is 0.407 e. The van der Waals surface area contributed by atoms with E-state index in [9.17, 15) is 4.79 Å². The number of hydrogen-bond donors (Lipinski definition) is 1. The van der Waals surface area contributed by atoms with Gasteiger partial charge in [0.15, 0.2) is 0 Å². The summed E-state index contributed by atoms with van der Waals surface area (Å²) in [6, 6.07) is 14.6. The molecule has 1 fully saturated rings. The molecule has 132 valence electrons. The van der Waals surface area contributed by atoms with Crippen molar-refractivity contribution >= 4 is 16.9 Å². The number of fused-ring (bicyclic) bond motifs is 2. The van der Waals surface area contributed by atoms with E-state index in [1.807, 2.05) is 12.1 Å². The number of amides is 1. The highest BCUT2D eigenvalue weighted by atomic mass is 16.6. The molecule has 5 rings (SSSR count). The number of aromatic nitrogens is 1. The van der Waals surface area contributed by atoms with Crippen LogP contribution in [0.15, 0.2) is 47.0 Å². The van der Waals surface area contributed by atoms with Gasteiger partial charge in [-0.25, -0.2) is 4.79 Å². The first-order chi connectivity index (χ1) is 12.8. The molecule has 2 aliphatic heterocycles. The SMILES string of the molecule is O=C1NCC(CN2CCc3onc(-c4cccc5ccccc45)c3C2)O1. The van der Waals surface area contributed by atoms with Crippen molar-refractivity contribution in [3.63, 3.8) is 0 Å². The molecule has 3 heterocycles. The van der Waals surface area contributed by atoms with E-state index < -0.39 is 0 Å². The Labute approximate surface area is 150 Å². The van der Waals surface area contributed by atoms with Crippen LogP contribution in [0.5, 0.6) is 0 Å². The molecule has 3 aromatic rings. The lowest BCUT2D eigenvalue weighted by molar-refractivity contribution is 0.102. The number of carbonyl (C=O) groups excluding carboxylic acids is 1. The van der Waals surface area contributed by atoms with E-state index in [0.717, 1.165) is 48.6 Å². The number of nitrogens with one attached hydrogen (secondary N) is 1. The van der Waals surface area contributed by atoms with Crippen LogP contribution in [0, 0.1) is 0 Å². The van der Waals surface area contributed by atoms with Crippen molar-refractivity contribution in [1.82, 2.24) is 15.4 Å². The highest BCUT2D eigenvalue weighted by Gasteiger charge is 2.30. The molecule has 0 saturated carbocycles. The zero-order chi connectivity index (χ0) is 17.5. The van der Waals surface area contributed by atoms with Crippen LogP contribution in [0.4, 0.5) is 4.79 Å². The second kappa shape index (κ2) is 6.14. The molecule has 1 atom stereocenters. The first-order valence-electron chi connectivity index (χ1n) is 8.90. The third-order valence-electron chi connectivity index (χ3n) is 5.16. The van der Waals surface area contributed by atoms with E-state index in [1.54, 1.807) is 0 Å². The Morgan fingerprint density at radius 3 is 2.96 bits per heavy atom. The van der Waals surface area contributed by atoms with Crippen LogP contribution in [0.3, 0.4) is 0 Å². The first-order valence-corrected chi connectivity index (χ1v) is 8.90. The van der Waals surface area contributed by atoms with Gasteiger partial charge in [-0.05, 0) is 10.8 Å². The van der Waals surface area contributed by atoms with Gasteiger partial charge in [-0.3, -0.25) is 4.90 Å². The molecule has 26 heavy (non-hydrogen) atoms. The lowest BCUT2D eigenvalue weighted by Gasteiger charge is -2.27. The van der Waals surface area contributed by atoms with Crippen molar-refractivity contribution in [2.75, 3.05) is 19.6 Å². The highest BCUT2D eigenvalue weighted by Crippen LogP contribution is 2.34. The van der Waals surface area contributed by atoms with E-state index in [4.69, 9.17) is 9.26 Å². The number of cyclic esters (lactones) is 1. The predicted molar refractivity (Wildman–Crippen MR) is 96.7 cm³/mol. The lowest BCUT2D eigenvalue weighted by atomic mass is 9.97. The molecule has 0 radical (unpaired) electrons. The van der Waals surface area contributed by atoms with E-state index in [1.165, 1.54) is 10.8 Å². The summed E-state index contributed by atoms with van der Waals surface area (Å²) < 4.78 is 10.9. The summed E-state index contributed by atoms with van der Waals surface area (Å²) in [7, 11) is 0. The van der Waals surface area contributed by atoms with Crippen LogP contribution in [-0.4, -0.2) is 41.9 Å². The number of hydrogen-bond acceptors (Lipinski definition) is 5. The average molecular weight is 349 g/mol. The topological polar surface area (TPSA) is 67.6 Å². The molecular formula is C20H19N3O3. The largest absolute Gasteiger partial charge is 0.443 e. The molecule has 1 saturated heterocycles. The highest BCUT2D eigenvalue weighted by molar-refractivity contribution is 5.96. The molecule has 1 aromatic heterocycles. The molecule has 0 aliphatic carbocycles. The summed E-state index contributed by atoms with van der Waals surface area (Å²) >= 11 is 0. The van der Waals surface area contributed by atoms with Gasteiger partial charge in [0.2, 0.25) is 0 Å². The standard InChI is InChI=1S/C20H19N3O3/c24-20-21-10-14(25-20)11-23-9-8-18-17(12-23)19(22-26-18)16-7-3-5-13-4-1-2-6-15(13)16/h1-7,14H,8-12H2,(H,21,24). The van der Waals surface area contributed by atoms with Crippen molar-refractivity contribution < 1.29 is 14.1 Å². The molecule has 1 unspecified atom stereocenters. The van der Waals surface area contributed by atoms with E-state index >= 15 is 0 Å². The van der Waals surface area contributed by atoms with E-state index in [2.05, 4.69) is 45.7 Å². The van der Waals surface area contributed by atoms with Gasteiger partial charge in [-0.1, -0.05) is 47.6 Å². The zero-order valence-corrected chi connectivity index (χ0v) is 14.3. The quantitative estimate of drug-likeness (QED) is 0.787. The van der Waals surface area contributed by atoms with Gasteiger partial charge < -0.3 is 14.6 Å². The minimum Gasteiger partial charge on any atom is -0.443 e. The molecule has 6 heteroatoms. The summed E-state index contributed by atoms with van der Waals surface area (Å²) in [4.78, 5) is 13.5. The maximum absolute atomic E-state index is 11.2. The monoisotopic (exact) mass is 349 g/mol. The van der Waals surface area contributed by atoms with Crippen molar-refractivity contribution in [3.8, 4) is 11.3 Å². The van der Waals surface area contributed by atoms with Crippen molar-refractivity contribution in [1.29, 1.82) is 0 Å². The Morgan fingerprint density at radius 2 is 2.08 bits per heavy atom. The van der Waals surface area contributed by atoms with Crippen molar-refractivity contribution in [2.24, 2.45) is 0 Å². The minimum atomic E-state index is -0.325. The van der Waals surface area contributed by atoms with Crippen LogP contribution in [0.1, 0.15) is 11.3 Å². The van der Waals surface area contributed by atoms with Crippen molar-refractivity contribution in [3.05, 3.63) is 53.8 Å². The molecule has 0 bridgehead atoms. The lowest BCUT2D eigenvalue weighted by Crippen LogP contribution is -2.37. The van der Waals surface area contributed by atoms with Gasteiger partial charge in [0.1, 0.15) is 17.6 Å². The second-order valence-electron chi connectivity index (χ2n) is 6.85. The molecule has 6 nitrogen and oxygen atoms in total. The van der Waals surface area contributed by atoms with E-state index in [0.29, 0.717) is 6.54 Å². The molecular weight excluding hydrogens is 330 g/mol. The summed E-state index contributed by atoms with van der Waals surface area (Å²) in [6.07, 6.45) is 0.403. The molecule has 1 N–H and O–H groups in total. The predicted octanol–water partition coefficient (Wildman–Crippen LogP) is 2.96. The third kappa shape index (κ3) is 2.63. The smallest absolute Gasteiger partial charge is 0.407 e. The van der Waals surface area contributed by atoms with E-state index in [-0.39, 0.29) is 12.2 Å². The number of benzene rings is 2. The number of rotatable bonds is 3. The molecule has 2 aromatic carbocycles. The van der Waals surface area contributed by atoms with Gasteiger partial charge in [-0.2, -0.15) is 0 Å². The summed E-state index contributed by atoms with van der Waals surface area (Å²) in [5, 5.41) is 9.48. The summed E-state index contributed by atoms with van der Waals surface area (Å²) in [6.45, 7) is 2.93. The fraction of sp³-hybridized carbons (Fsp3) is 0.300.